The van der Waals surface area contributed by atoms with Crippen molar-refractivity contribution < 1.29 is 13.9 Å². The third-order valence-electron chi connectivity index (χ3n) is 5.30. The van der Waals surface area contributed by atoms with Crippen LogP contribution in [0.25, 0.3) is 11.3 Å². The van der Waals surface area contributed by atoms with E-state index in [4.69, 9.17) is 10.00 Å². The number of benzene rings is 1. The number of rotatable bonds is 9. The minimum Gasteiger partial charge on any atom is -0.372 e. The lowest BCUT2D eigenvalue weighted by Crippen LogP contribution is -2.29. The second-order valence-electron chi connectivity index (χ2n) is 7.43. The Bertz CT molecular complexity index is 899. The molecule has 30 heavy (non-hydrogen) atoms. The van der Waals surface area contributed by atoms with Gasteiger partial charge in [0, 0.05) is 36.9 Å². The quantitative estimate of drug-likeness (QED) is 0.387. The highest BCUT2D eigenvalue weighted by Gasteiger charge is 2.24. The average molecular weight is 409 g/mol. The maximum atomic E-state index is 14.5. The molecule has 7 nitrogen and oxygen atoms in total. The predicted octanol–water partition coefficient (Wildman–Crippen LogP) is 3.07. The summed E-state index contributed by atoms with van der Waals surface area (Å²) in [6.45, 7) is 1.22. The van der Waals surface area contributed by atoms with Crippen LogP contribution in [0.4, 0.5) is 16.0 Å². The van der Waals surface area contributed by atoms with Crippen LogP contribution in [0.3, 0.4) is 0 Å². The normalized spacial score (nSPS) is 14.2. The Morgan fingerprint density at radius 3 is 2.97 bits per heavy atom. The molecular formula is C21H25BFN5O2. The van der Waals surface area contributed by atoms with Crippen LogP contribution in [0.15, 0.2) is 30.5 Å². The van der Waals surface area contributed by atoms with Crippen molar-refractivity contribution in [1.82, 2.24) is 9.97 Å². The zero-order chi connectivity index (χ0) is 21.3. The minimum atomic E-state index is -0.483. The molecule has 0 bridgehead atoms. The second-order valence-corrected chi connectivity index (χ2v) is 7.43. The van der Waals surface area contributed by atoms with E-state index in [1.807, 2.05) is 36.2 Å². The first-order chi connectivity index (χ1) is 14.6. The summed E-state index contributed by atoms with van der Waals surface area (Å²) in [6, 6.07) is 7.65. The SMILES string of the molecule is CN(CCOCC=O)c1cccc(-c2nc(NC3CCB(C#N)CC3)ncc2F)c1. The van der Waals surface area contributed by atoms with Crippen LogP contribution in [-0.4, -0.2) is 55.8 Å². The molecule has 2 heterocycles. The van der Waals surface area contributed by atoms with Gasteiger partial charge in [0.2, 0.25) is 5.95 Å². The number of hydrogen-bond donors (Lipinski definition) is 1. The van der Waals surface area contributed by atoms with Gasteiger partial charge in [-0.15, -0.1) is 0 Å². The zero-order valence-corrected chi connectivity index (χ0v) is 17.1. The number of hydrogen-bond acceptors (Lipinski definition) is 7. The average Bonchev–Trinajstić information content (AvgIpc) is 2.78. The molecule has 1 aliphatic rings. The van der Waals surface area contributed by atoms with Crippen LogP contribution >= 0.6 is 0 Å². The molecule has 0 spiro atoms. The number of aldehydes is 1. The van der Waals surface area contributed by atoms with E-state index in [1.54, 1.807) is 0 Å². The molecule has 1 aromatic carbocycles. The highest BCUT2D eigenvalue weighted by Crippen LogP contribution is 2.27. The number of carbonyl (C=O) groups is 1. The smallest absolute Gasteiger partial charge is 0.268 e. The fourth-order valence-electron chi connectivity index (χ4n) is 3.54. The van der Waals surface area contributed by atoms with E-state index >= 15 is 0 Å². The Balaban J connectivity index is 1.70. The van der Waals surface area contributed by atoms with Crippen molar-refractivity contribution in [2.75, 3.05) is 37.0 Å². The summed E-state index contributed by atoms with van der Waals surface area (Å²) in [5, 5.41) is 12.3. The number of nitrogens with one attached hydrogen (secondary N) is 1. The van der Waals surface area contributed by atoms with Crippen LogP contribution in [0.2, 0.25) is 12.6 Å². The van der Waals surface area contributed by atoms with E-state index in [0.717, 1.165) is 37.5 Å². The van der Waals surface area contributed by atoms with Gasteiger partial charge < -0.3 is 19.7 Å². The van der Waals surface area contributed by atoms with Crippen LogP contribution < -0.4 is 10.2 Å². The number of ether oxygens (including phenoxy) is 1. The first-order valence-corrected chi connectivity index (χ1v) is 10.1. The first kappa shape index (κ1) is 21.7. The predicted molar refractivity (Wildman–Crippen MR) is 115 cm³/mol. The lowest BCUT2D eigenvalue weighted by Gasteiger charge is -2.24. The van der Waals surface area contributed by atoms with Crippen molar-refractivity contribution >= 4 is 24.6 Å². The third kappa shape index (κ3) is 5.77. The van der Waals surface area contributed by atoms with Gasteiger partial charge in [0.05, 0.1) is 12.8 Å². The Morgan fingerprint density at radius 1 is 1.43 bits per heavy atom. The minimum absolute atomic E-state index is 0.0773. The highest BCUT2D eigenvalue weighted by molar-refractivity contribution is 6.67. The maximum absolute atomic E-state index is 14.5. The van der Waals surface area contributed by atoms with Crippen molar-refractivity contribution in [2.45, 2.75) is 31.5 Å². The number of nitrogens with zero attached hydrogens (tertiary/aromatic N) is 4. The van der Waals surface area contributed by atoms with Crippen LogP contribution in [0.5, 0.6) is 0 Å². The van der Waals surface area contributed by atoms with Crippen molar-refractivity contribution in [1.29, 1.82) is 5.26 Å². The molecular weight excluding hydrogens is 384 g/mol. The highest BCUT2D eigenvalue weighted by atomic mass is 19.1. The van der Waals surface area contributed by atoms with Gasteiger partial charge >= 0.3 is 0 Å². The van der Waals surface area contributed by atoms with Gasteiger partial charge in [-0.05, 0) is 25.0 Å². The van der Waals surface area contributed by atoms with Gasteiger partial charge in [-0.25, -0.2) is 19.6 Å². The monoisotopic (exact) mass is 409 g/mol. The van der Waals surface area contributed by atoms with E-state index in [-0.39, 0.29) is 25.1 Å². The number of likely N-dealkylation sites (N-methyl/N-ethyl adjacent to an activating group) is 1. The van der Waals surface area contributed by atoms with Gasteiger partial charge in [0.15, 0.2) is 5.82 Å². The number of halogens is 1. The Morgan fingerprint density at radius 2 is 2.23 bits per heavy atom. The molecule has 0 aliphatic carbocycles. The fourth-order valence-corrected chi connectivity index (χ4v) is 3.54. The van der Waals surface area contributed by atoms with E-state index in [0.29, 0.717) is 24.7 Å². The lowest BCUT2D eigenvalue weighted by atomic mass is 9.42. The van der Waals surface area contributed by atoms with E-state index in [1.165, 1.54) is 6.20 Å². The van der Waals surface area contributed by atoms with Gasteiger partial charge in [-0.1, -0.05) is 24.8 Å². The Kier molecular flexibility index (Phi) is 7.74. The molecule has 1 aromatic heterocycles. The zero-order valence-electron chi connectivity index (χ0n) is 17.1. The van der Waals surface area contributed by atoms with Gasteiger partial charge in [0.1, 0.15) is 18.6 Å². The molecule has 1 N–H and O–H groups in total. The van der Waals surface area contributed by atoms with Crippen LogP contribution in [0, 0.1) is 17.0 Å². The number of carbonyl (C=O) groups excluding carboxylic acids is 1. The second kappa shape index (κ2) is 10.7. The molecule has 0 atom stereocenters. The third-order valence-corrected chi connectivity index (χ3v) is 5.30. The van der Waals surface area contributed by atoms with Gasteiger partial charge in [-0.3, -0.25) is 0 Å². The van der Waals surface area contributed by atoms with Crippen molar-refractivity contribution in [3.8, 4) is 17.2 Å². The van der Waals surface area contributed by atoms with E-state index < -0.39 is 5.82 Å². The first-order valence-electron chi connectivity index (χ1n) is 10.1. The molecule has 9 heteroatoms. The summed E-state index contributed by atoms with van der Waals surface area (Å²) < 4.78 is 19.7. The number of aromatic nitrogens is 2. The molecule has 1 aliphatic heterocycles. The molecule has 1 saturated heterocycles. The van der Waals surface area contributed by atoms with E-state index in [2.05, 4.69) is 21.3 Å². The number of nitriles is 1. The summed E-state index contributed by atoms with van der Waals surface area (Å²) in [7, 11) is 1.91. The molecule has 0 radical (unpaired) electrons. The summed E-state index contributed by atoms with van der Waals surface area (Å²) in [4.78, 5) is 20.8. The molecule has 0 unspecified atom stereocenters. The topological polar surface area (TPSA) is 91.1 Å². The summed E-state index contributed by atoms with van der Waals surface area (Å²) >= 11 is 0. The Hall–Kier alpha value is -2.99. The number of anilines is 2. The summed E-state index contributed by atoms with van der Waals surface area (Å²) in [5.41, 5.74) is 1.79. The van der Waals surface area contributed by atoms with Crippen molar-refractivity contribution in [3.05, 3.63) is 36.3 Å². The van der Waals surface area contributed by atoms with Gasteiger partial charge in [-0.2, -0.15) is 0 Å². The molecule has 1 fully saturated rings. The maximum Gasteiger partial charge on any atom is 0.268 e. The fraction of sp³-hybridized carbons (Fsp3) is 0.429. The molecule has 156 valence electrons. The lowest BCUT2D eigenvalue weighted by molar-refractivity contribution is -0.111. The summed E-state index contributed by atoms with van der Waals surface area (Å²) in [5.74, 6) is 2.24. The largest absolute Gasteiger partial charge is 0.372 e. The standard InChI is InChI=1S/C21H25BFN5O2/c1-28(9-11-30-12-10-29)18-4-2-3-16(13-18)20-19(23)14-25-21(27-20)26-17-5-7-22(15-24)8-6-17/h2-4,10,13-14,17H,5-9,11-12H2,1H3,(H,25,26,27). The molecule has 0 amide bonds. The van der Waals surface area contributed by atoms with Crippen molar-refractivity contribution in [2.24, 2.45) is 0 Å². The molecule has 3 rings (SSSR count). The van der Waals surface area contributed by atoms with Gasteiger partial charge in [0.25, 0.3) is 6.71 Å². The molecule has 2 aromatic rings. The van der Waals surface area contributed by atoms with Crippen LogP contribution in [0.1, 0.15) is 12.8 Å². The molecule has 0 saturated carbocycles. The summed E-state index contributed by atoms with van der Waals surface area (Å²) in [6.07, 6.45) is 5.37. The van der Waals surface area contributed by atoms with E-state index in [9.17, 15) is 9.18 Å². The van der Waals surface area contributed by atoms with Crippen LogP contribution in [-0.2, 0) is 9.53 Å². The van der Waals surface area contributed by atoms with Crippen molar-refractivity contribution in [3.63, 3.8) is 0 Å². The Labute approximate surface area is 176 Å².